The molecule has 0 spiro atoms. The topological polar surface area (TPSA) is 0 Å². The van der Waals surface area contributed by atoms with Crippen molar-refractivity contribution < 1.29 is 8.87 Å². The Morgan fingerprint density at radius 3 is 1.91 bits per heavy atom. The van der Waals surface area contributed by atoms with E-state index in [1.807, 2.05) is 6.92 Å². The minimum Gasteiger partial charge on any atom is -0.324 e. The van der Waals surface area contributed by atoms with Crippen molar-refractivity contribution in [3.8, 4) is 0 Å². The summed E-state index contributed by atoms with van der Waals surface area (Å²) >= 11 is 0. The highest BCUT2D eigenvalue weighted by molar-refractivity contribution is 4.50. The smallest absolute Gasteiger partial charge is 0.148 e. The molecule has 0 aliphatic rings. The van der Waals surface area contributed by atoms with Gasteiger partial charge in [0.25, 0.3) is 0 Å². The van der Waals surface area contributed by atoms with E-state index in [0.717, 1.165) is 17.6 Å². The first kappa shape index (κ1) is 10.9. The van der Waals surface area contributed by atoms with E-state index in [1.165, 1.54) is 0 Å². The largest absolute Gasteiger partial charge is 0.324 e. The third-order valence-corrected chi connectivity index (χ3v) is 2.61. The third kappa shape index (κ3) is 3.71. The van der Waals surface area contributed by atoms with Crippen LogP contribution in [0.1, 0.15) is 27.2 Å². The molecule has 0 N–H and O–H groups in total. The number of nitrogens with zero attached hydrogens (tertiary/aromatic N) is 1. The second-order valence-corrected chi connectivity index (χ2v) is 3.44. The fraction of sp³-hybridized carbons (Fsp3) is 1.00. The standard InChI is InChI=1S/C9H21FN/c1-5-9(10)8-11(4,6-2)7-3/h9H,5-8H2,1-4H3/q+1. The Kier molecular flexibility index (Phi) is 4.66. The van der Waals surface area contributed by atoms with Gasteiger partial charge in [0.2, 0.25) is 0 Å². The Bertz CT molecular complexity index is 99.7. The van der Waals surface area contributed by atoms with Crippen LogP contribution in [0.4, 0.5) is 4.39 Å². The van der Waals surface area contributed by atoms with E-state index in [1.54, 1.807) is 0 Å². The maximum absolute atomic E-state index is 13.0. The van der Waals surface area contributed by atoms with Crippen molar-refractivity contribution in [2.75, 3.05) is 26.7 Å². The first-order valence-electron chi connectivity index (χ1n) is 4.55. The quantitative estimate of drug-likeness (QED) is 0.544. The molecule has 0 fully saturated rings. The van der Waals surface area contributed by atoms with Gasteiger partial charge in [-0.15, -0.1) is 0 Å². The van der Waals surface area contributed by atoms with Crippen molar-refractivity contribution >= 4 is 0 Å². The zero-order chi connectivity index (χ0) is 8.91. The van der Waals surface area contributed by atoms with Crippen LogP contribution in [0.3, 0.4) is 0 Å². The summed E-state index contributed by atoms with van der Waals surface area (Å²) in [5, 5.41) is 0. The lowest BCUT2D eigenvalue weighted by atomic mass is 10.2. The van der Waals surface area contributed by atoms with Gasteiger partial charge in [-0.25, -0.2) is 4.39 Å². The Hall–Kier alpha value is -0.110. The number of alkyl halides is 1. The first-order chi connectivity index (χ1) is 5.08. The zero-order valence-corrected chi connectivity index (χ0v) is 8.23. The van der Waals surface area contributed by atoms with Gasteiger partial charge in [0, 0.05) is 0 Å². The monoisotopic (exact) mass is 162 g/mol. The predicted molar refractivity (Wildman–Crippen MR) is 47.3 cm³/mol. The Labute approximate surface area is 69.8 Å². The van der Waals surface area contributed by atoms with E-state index >= 15 is 0 Å². The lowest BCUT2D eigenvalue weighted by molar-refractivity contribution is -0.908. The van der Waals surface area contributed by atoms with E-state index in [4.69, 9.17) is 0 Å². The van der Waals surface area contributed by atoms with Crippen LogP contribution in [0.15, 0.2) is 0 Å². The molecule has 0 bridgehead atoms. The normalized spacial score (nSPS) is 15.0. The molecule has 0 aromatic carbocycles. The fourth-order valence-corrected chi connectivity index (χ4v) is 1.09. The van der Waals surface area contributed by atoms with E-state index in [9.17, 15) is 4.39 Å². The van der Waals surface area contributed by atoms with Crippen molar-refractivity contribution in [2.24, 2.45) is 0 Å². The highest BCUT2D eigenvalue weighted by Crippen LogP contribution is 2.07. The average Bonchev–Trinajstić information content (AvgIpc) is 2.04. The van der Waals surface area contributed by atoms with Crippen LogP contribution < -0.4 is 0 Å². The van der Waals surface area contributed by atoms with Gasteiger partial charge in [-0.05, 0) is 20.3 Å². The third-order valence-electron chi connectivity index (χ3n) is 2.61. The van der Waals surface area contributed by atoms with Crippen LogP contribution in [-0.2, 0) is 0 Å². The average molecular weight is 162 g/mol. The van der Waals surface area contributed by atoms with Crippen molar-refractivity contribution in [2.45, 2.75) is 33.4 Å². The Balaban J connectivity index is 3.86. The van der Waals surface area contributed by atoms with Gasteiger partial charge in [0.1, 0.15) is 12.7 Å². The minimum absolute atomic E-state index is 0.625. The lowest BCUT2D eigenvalue weighted by Crippen LogP contribution is -2.47. The molecule has 0 saturated heterocycles. The number of halogens is 1. The highest BCUT2D eigenvalue weighted by atomic mass is 19.1. The van der Waals surface area contributed by atoms with Gasteiger partial charge in [0.15, 0.2) is 0 Å². The number of rotatable bonds is 5. The molecule has 0 rings (SSSR count). The fourth-order valence-electron chi connectivity index (χ4n) is 1.09. The summed E-state index contributed by atoms with van der Waals surface area (Å²) in [4.78, 5) is 0. The van der Waals surface area contributed by atoms with E-state index in [-0.39, 0.29) is 0 Å². The molecule has 0 amide bonds. The van der Waals surface area contributed by atoms with Crippen LogP contribution in [0, 0.1) is 0 Å². The molecule has 0 aliphatic carbocycles. The molecule has 0 aromatic rings. The van der Waals surface area contributed by atoms with Gasteiger partial charge in [-0.3, -0.25) is 0 Å². The lowest BCUT2D eigenvalue weighted by Gasteiger charge is -2.33. The molecule has 1 atom stereocenters. The molecule has 0 saturated carbocycles. The zero-order valence-electron chi connectivity index (χ0n) is 8.23. The van der Waals surface area contributed by atoms with E-state index in [2.05, 4.69) is 20.9 Å². The maximum atomic E-state index is 13.0. The van der Waals surface area contributed by atoms with Crippen LogP contribution in [0.25, 0.3) is 0 Å². The number of hydrogen-bond donors (Lipinski definition) is 0. The summed E-state index contributed by atoms with van der Waals surface area (Å²) < 4.78 is 13.8. The summed E-state index contributed by atoms with van der Waals surface area (Å²) in [6, 6.07) is 0. The van der Waals surface area contributed by atoms with Gasteiger partial charge in [-0.1, -0.05) is 6.92 Å². The van der Waals surface area contributed by atoms with E-state index in [0.29, 0.717) is 13.0 Å². The molecule has 2 heteroatoms. The van der Waals surface area contributed by atoms with Gasteiger partial charge in [0.05, 0.1) is 20.1 Å². The first-order valence-corrected chi connectivity index (χ1v) is 4.55. The summed E-state index contributed by atoms with van der Waals surface area (Å²) in [5.74, 6) is 0. The van der Waals surface area contributed by atoms with Crippen LogP contribution in [0.5, 0.6) is 0 Å². The molecule has 0 heterocycles. The van der Waals surface area contributed by atoms with Gasteiger partial charge < -0.3 is 4.48 Å². The molecule has 0 aromatic heterocycles. The predicted octanol–water partition coefficient (Wildman–Crippen LogP) is 2.22. The molecular weight excluding hydrogens is 141 g/mol. The second kappa shape index (κ2) is 4.70. The van der Waals surface area contributed by atoms with E-state index < -0.39 is 6.17 Å². The molecule has 0 aliphatic heterocycles. The van der Waals surface area contributed by atoms with Crippen molar-refractivity contribution in [3.05, 3.63) is 0 Å². The highest BCUT2D eigenvalue weighted by Gasteiger charge is 2.21. The van der Waals surface area contributed by atoms with Gasteiger partial charge in [-0.2, -0.15) is 0 Å². The van der Waals surface area contributed by atoms with Gasteiger partial charge >= 0.3 is 0 Å². The maximum Gasteiger partial charge on any atom is 0.148 e. The summed E-state index contributed by atoms with van der Waals surface area (Å²) in [7, 11) is 2.11. The van der Waals surface area contributed by atoms with Crippen LogP contribution >= 0.6 is 0 Å². The minimum atomic E-state index is -0.625. The molecule has 0 radical (unpaired) electrons. The summed E-state index contributed by atoms with van der Waals surface area (Å²) in [6.07, 6.45) is 0.0216. The molecular formula is C9H21FN+. The Morgan fingerprint density at radius 2 is 1.64 bits per heavy atom. The van der Waals surface area contributed by atoms with Crippen molar-refractivity contribution in [1.82, 2.24) is 0 Å². The van der Waals surface area contributed by atoms with Crippen LogP contribution in [0.2, 0.25) is 0 Å². The molecule has 11 heavy (non-hydrogen) atoms. The molecule has 68 valence electrons. The SMILES string of the molecule is CCC(F)C[N+](C)(CC)CC. The molecule has 1 unspecified atom stereocenters. The number of quaternary nitrogens is 1. The van der Waals surface area contributed by atoms with Crippen molar-refractivity contribution in [1.29, 1.82) is 0 Å². The summed E-state index contributed by atoms with van der Waals surface area (Å²) in [5.41, 5.74) is 0. The number of hydrogen-bond acceptors (Lipinski definition) is 0. The van der Waals surface area contributed by atoms with Crippen molar-refractivity contribution in [3.63, 3.8) is 0 Å². The molecule has 1 nitrogen and oxygen atoms in total. The van der Waals surface area contributed by atoms with Crippen LogP contribution in [-0.4, -0.2) is 37.3 Å². The summed E-state index contributed by atoms with van der Waals surface area (Å²) in [6.45, 7) is 8.86. The second-order valence-electron chi connectivity index (χ2n) is 3.44. The Morgan fingerprint density at radius 1 is 1.18 bits per heavy atom.